The Morgan fingerprint density at radius 3 is 2.65 bits per heavy atom. The lowest BCUT2D eigenvalue weighted by molar-refractivity contribution is -0.122. The first-order valence-electron chi connectivity index (χ1n) is 9.81. The van der Waals surface area contributed by atoms with Gasteiger partial charge in [0.25, 0.3) is 0 Å². The van der Waals surface area contributed by atoms with Crippen LogP contribution in [-0.4, -0.2) is 28.1 Å². The van der Waals surface area contributed by atoms with E-state index in [9.17, 15) is 9.59 Å². The van der Waals surface area contributed by atoms with Gasteiger partial charge in [-0.1, -0.05) is 29.3 Å². The minimum atomic E-state index is -0.449. The number of fused-ring (bicyclic) bond motifs is 1. The molecule has 1 aromatic heterocycles. The number of halogens is 2. The van der Waals surface area contributed by atoms with Gasteiger partial charge in [0.2, 0.25) is 11.8 Å². The zero-order chi connectivity index (χ0) is 21.5. The van der Waals surface area contributed by atoms with E-state index >= 15 is 0 Å². The van der Waals surface area contributed by atoms with E-state index in [4.69, 9.17) is 28.3 Å². The standard InChI is InChI=1S/C22H18Cl2N4O2S/c23-14-4-6-16(7-5-14)27-10-13(8-20(27)29)22(30)25-21-18-11-31-12-19(18)26-28(21)17-3-1-2-15(24)9-17/h1-7,9,13H,8,10-12H2,(H,25,30). The largest absolute Gasteiger partial charge is 0.312 e. The van der Waals surface area contributed by atoms with Crippen molar-refractivity contribution in [3.63, 3.8) is 0 Å². The molecule has 1 atom stereocenters. The third kappa shape index (κ3) is 3.93. The van der Waals surface area contributed by atoms with Crippen molar-refractivity contribution in [2.45, 2.75) is 17.9 Å². The highest BCUT2D eigenvalue weighted by molar-refractivity contribution is 7.98. The van der Waals surface area contributed by atoms with Gasteiger partial charge >= 0.3 is 0 Å². The van der Waals surface area contributed by atoms with Gasteiger partial charge in [-0.2, -0.15) is 16.9 Å². The van der Waals surface area contributed by atoms with E-state index in [-0.39, 0.29) is 18.2 Å². The second-order valence-electron chi connectivity index (χ2n) is 7.53. The number of anilines is 2. The van der Waals surface area contributed by atoms with Crippen molar-refractivity contribution in [2.24, 2.45) is 5.92 Å². The normalized spacial score (nSPS) is 17.8. The fourth-order valence-electron chi connectivity index (χ4n) is 3.91. The van der Waals surface area contributed by atoms with Crippen LogP contribution in [0.3, 0.4) is 0 Å². The average molecular weight is 473 g/mol. The van der Waals surface area contributed by atoms with Crippen LogP contribution in [0.2, 0.25) is 10.0 Å². The molecule has 158 valence electrons. The molecule has 6 nitrogen and oxygen atoms in total. The predicted molar refractivity (Wildman–Crippen MR) is 124 cm³/mol. The molecule has 0 spiro atoms. The lowest BCUT2D eigenvalue weighted by Crippen LogP contribution is -2.28. The molecule has 5 rings (SSSR count). The molecule has 0 saturated carbocycles. The molecule has 31 heavy (non-hydrogen) atoms. The Labute approximate surface area is 193 Å². The Morgan fingerprint density at radius 1 is 1.06 bits per heavy atom. The molecule has 1 fully saturated rings. The SMILES string of the molecule is O=C(Nc1c2c(nn1-c1cccc(Cl)c1)CSC2)C1CC(=O)N(c2ccc(Cl)cc2)C1. The van der Waals surface area contributed by atoms with E-state index in [1.165, 1.54) is 0 Å². The molecule has 1 unspecified atom stereocenters. The molecule has 1 saturated heterocycles. The van der Waals surface area contributed by atoms with Crippen molar-refractivity contribution in [3.8, 4) is 5.69 Å². The van der Waals surface area contributed by atoms with Crippen LogP contribution in [0.5, 0.6) is 0 Å². The van der Waals surface area contributed by atoms with Gasteiger partial charge in [0.05, 0.1) is 17.3 Å². The minimum Gasteiger partial charge on any atom is -0.312 e. The second kappa shape index (κ2) is 8.22. The molecule has 0 radical (unpaired) electrons. The molecule has 2 aromatic carbocycles. The van der Waals surface area contributed by atoms with E-state index in [1.54, 1.807) is 51.7 Å². The number of hydrogen-bond acceptors (Lipinski definition) is 4. The van der Waals surface area contributed by atoms with Crippen LogP contribution < -0.4 is 10.2 Å². The maximum absolute atomic E-state index is 13.2. The van der Waals surface area contributed by atoms with Crippen LogP contribution in [-0.2, 0) is 21.1 Å². The number of hydrogen-bond donors (Lipinski definition) is 1. The molecule has 3 heterocycles. The van der Waals surface area contributed by atoms with E-state index < -0.39 is 5.92 Å². The summed E-state index contributed by atoms with van der Waals surface area (Å²) in [5.41, 5.74) is 3.52. The number of aromatic nitrogens is 2. The summed E-state index contributed by atoms with van der Waals surface area (Å²) in [6.45, 7) is 0.328. The second-order valence-corrected chi connectivity index (χ2v) is 9.39. The first kappa shape index (κ1) is 20.4. The molecule has 2 amide bonds. The Bertz CT molecular complexity index is 1180. The summed E-state index contributed by atoms with van der Waals surface area (Å²) in [4.78, 5) is 27.4. The Morgan fingerprint density at radius 2 is 1.87 bits per heavy atom. The summed E-state index contributed by atoms with van der Waals surface area (Å²) in [7, 11) is 0. The van der Waals surface area contributed by atoms with Gasteiger partial charge in [0, 0.05) is 45.8 Å². The summed E-state index contributed by atoms with van der Waals surface area (Å²) in [6.07, 6.45) is 0.163. The fraction of sp³-hybridized carbons (Fsp3) is 0.227. The third-order valence-corrected chi connectivity index (χ3v) is 6.94. The van der Waals surface area contributed by atoms with Crippen molar-refractivity contribution in [1.82, 2.24) is 9.78 Å². The number of nitrogens with zero attached hydrogens (tertiary/aromatic N) is 3. The van der Waals surface area contributed by atoms with Gasteiger partial charge in [0.15, 0.2) is 0 Å². The van der Waals surface area contributed by atoms with Gasteiger partial charge in [0.1, 0.15) is 5.82 Å². The molecule has 2 aliphatic heterocycles. The number of carbonyl (C=O) groups excluding carboxylic acids is 2. The van der Waals surface area contributed by atoms with Gasteiger partial charge in [-0.25, -0.2) is 4.68 Å². The molecular formula is C22H18Cl2N4O2S. The van der Waals surface area contributed by atoms with Crippen molar-refractivity contribution in [2.75, 3.05) is 16.8 Å². The smallest absolute Gasteiger partial charge is 0.230 e. The number of benzene rings is 2. The van der Waals surface area contributed by atoms with Crippen LogP contribution in [0.4, 0.5) is 11.5 Å². The number of rotatable bonds is 4. The molecule has 0 bridgehead atoms. The number of amides is 2. The Hall–Kier alpha value is -2.48. The minimum absolute atomic E-state index is 0.0772. The highest BCUT2D eigenvalue weighted by Gasteiger charge is 2.36. The van der Waals surface area contributed by atoms with Crippen molar-refractivity contribution in [3.05, 3.63) is 69.8 Å². The van der Waals surface area contributed by atoms with Crippen molar-refractivity contribution < 1.29 is 9.59 Å². The van der Waals surface area contributed by atoms with Crippen LogP contribution in [0.15, 0.2) is 48.5 Å². The lowest BCUT2D eigenvalue weighted by atomic mass is 10.1. The number of thioether (sulfide) groups is 1. The van der Waals surface area contributed by atoms with E-state index in [0.717, 1.165) is 34.1 Å². The Balaban J connectivity index is 1.40. The number of carbonyl (C=O) groups is 2. The molecule has 0 aliphatic carbocycles. The summed E-state index contributed by atoms with van der Waals surface area (Å²) in [5.74, 6) is 1.53. The molecule has 9 heteroatoms. The average Bonchev–Trinajstić information content (AvgIpc) is 3.44. The van der Waals surface area contributed by atoms with Gasteiger partial charge in [-0.05, 0) is 42.5 Å². The van der Waals surface area contributed by atoms with Gasteiger partial charge in [-0.3, -0.25) is 9.59 Å². The Kier molecular flexibility index (Phi) is 5.42. The molecule has 3 aromatic rings. The zero-order valence-corrected chi connectivity index (χ0v) is 18.7. The molecule has 1 N–H and O–H groups in total. The quantitative estimate of drug-likeness (QED) is 0.585. The van der Waals surface area contributed by atoms with Gasteiger partial charge < -0.3 is 10.2 Å². The fourth-order valence-corrected chi connectivity index (χ4v) is 5.25. The first-order valence-corrected chi connectivity index (χ1v) is 11.7. The monoisotopic (exact) mass is 472 g/mol. The van der Waals surface area contributed by atoms with Gasteiger partial charge in [-0.15, -0.1) is 0 Å². The highest BCUT2D eigenvalue weighted by Crippen LogP contribution is 2.37. The molecular weight excluding hydrogens is 455 g/mol. The highest BCUT2D eigenvalue weighted by atomic mass is 35.5. The number of nitrogens with one attached hydrogen (secondary N) is 1. The summed E-state index contributed by atoms with van der Waals surface area (Å²) in [5, 5.41) is 8.96. The maximum Gasteiger partial charge on any atom is 0.230 e. The van der Waals surface area contributed by atoms with E-state index in [0.29, 0.717) is 22.4 Å². The van der Waals surface area contributed by atoms with Crippen LogP contribution in [0.1, 0.15) is 17.7 Å². The predicted octanol–water partition coefficient (Wildman–Crippen LogP) is 4.92. The maximum atomic E-state index is 13.2. The lowest BCUT2D eigenvalue weighted by Gasteiger charge is -2.17. The topological polar surface area (TPSA) is 67.2 Å². The van der Waals surface area contributed by atoms with Crippen molar-refractivity contribution >= 4 is 58.3 Å². The molecule has 2 aliphatic rings. The van der Waals surface area contributed by atoms with E-state index in [2.05, 4.69) is 5.32 Å². The van der Waals surface area contributed by atoms with E-state index in [1.807, 2.05) is 18.2 Å². The first-order chi connectivity index (χ1) is 15.0. The summed E-state index contributed by atoms with van der Waals surface area (Å²) < 4.78 is 1.74. The van der Waals surface area contributed by atoms with Crippen LogP contribution in [0.25, 0.3) is 5.69 Å². The van der Waals surface area contributed by atoms with Crippen LogP contribution in [0, 0.1) is 5.92 Å². The summed E-state index contributed by atoms with van der Waals surface area (Å²) >= 11 is 13.9. The summed E-state index contributed by atoms with van der Waals surface area (Å²) in [6, 6.07) is 14.4. The van der Waals surface area contributed by atoms with Crippen molar-refractivity contribution in [1.29, 1.82) is 0 Å². The van der Waals surface area contributed by atoms with Crippen LogP contribution >= 0.6 is 35.0 Å². The zero-order valence-electron chi connectivity index (χ0n) is 16.3. The third-order valence-electron chi connectivity index (χ3n) is 5.48.